The van der Waals surface area contributed by atoms with Crippen molar-refractivity contribution >= 4 is 33.5 Å². The molecule has 2 aliphatic heterocycles. The number of para-hydroxylation sites is 1. The fraction of sp³-hybridized carbons (Fsp3) is 0.0952. The molecule has 4 rings (SSSR count). The molecule has 5 nitrogen and oxygen atoms in total. The lowest BCUT2D eigenvalue weighted by Gasteiger charge is -2.21. The minimum absolute atomic E-state index is 0.133. The first-order valence-corrected chi connectivity index (χ1v) is 9.27. The summed E-state index contributed by atoms with van der Waals surface area (Å²) in [7, 11) is 0. The number of benzene rings is 2. The van der Waals surface area contributed by atoms with Gasteiger partial charge in [-0.1, -0.05) is 42.5 Å². The van der Waals surface area contributed by atoms with Crippen molar-refractivity contribution in [3.8, 4) is 5.75 Å². The zero-order chi connectivity index (χ0) is 18.6. The van der Waals surface area contributed by atoms with Gasteiger partial charge in [0.2, 0.25) is 0 Å². The first-order chi connectivity index (χ1) is 13.2. The number of aliphatic imine (C=N–C) groups is 2. The second-order valence-electron chi connectivity index (χ2n) is 6.03. The quantitative estimate of drug-likeness (QED) is 0.750. The number of hydrogen-bond donors (Lipinski definition) is 0. The lowest BCUT2D eigenvalue weighted by atomic mass is 10.1. The number of hydrogen-bond acceptors (Lipinski definition) is 3. The van der Waals surface area contributed by atoms with Crippen LogP contribution < -0.4 is 4.74 Å². The van der Waals surface area contributed by atoms with Gasteiger partial charge in [-0.3, -0.25) is 4.79 Å². The third-order valence-corrected chi connectivity index (χ3v) is 4.59. The van der Waals surface area contributed by atoms with E-state index in [-0.39, 0.29) is 12.5 Å². The Hall–Kier alpha value is -2.99. The van der Waals surface area contributed by atoms with Gasteiger partial charge in [-0.25, -0.2) is 4.99 Å². The van der Waals surface area contributed by atoms with E-state index in [2.05, 4.69) is 25.9 Å². The molecule has 6 heteroatoms. The van der Waals surface area contributed by atoms with Gasteiger partial charge >= 0.3 is 0 Å². The summed E-state index contributed by atoms with van der Waals surface area (Å²) in [6.07, 6.45) is 5.79. The first-order valence-electron chi connectivity index (χ1n) is 8.47. The van der Waals surface area contributed by atoms with Gasteiger partial charge in [0.05, 0.1) is 0 Å². The van der Waals surface area contributed by atoms with Gasteiger partial charge in [0.15, 0.2) is 12.4 Å². The summed E-state index contributed by atoms with van der Waals surface area (Å²) in [6, 6.07) is 17.1. The van der Waals surface area contributed by atoms with Crippen molar-refractivity contribution < 1.29 is 9.53 Å². The Labute approximate surface area is 165 Å². The van der Waals surface area contributed by atoms with Crippen LogP contribution in [0.25, 0.3) is 0 Å². The van der Waals surface area contributed by atoms with Gasteiger partial charge in [0.1, 0.15) is 11.6 Å². The van der Waals surface area contributed by atoms with Crippen molar-refractivity contribution in [2.24, 2.45) is 9.98 Å². The van der Waals surface area contributed by atoms with E-state index in [1.54, 1.807) is 12.1 Å². The molecule has 2 aliphatic rings. The van der Waals surface area contributed by atoms with Gasteiger partial charge in [0, 0.05) is 22.8 Å². The Morgan fingerprint density at radius 2 is 1.89 bits per heavy atom. The standard InChI is InChI=1S/C21H16BrN3O2/c22-16-10-11-19-23-21(18-9-5-4-6-15(18)12-25(19)13-16)24-20(26)14-27-17-7-2-1-3-8-17/h1-11,13H,12,14H2. The van der Waals surface area contributed by atoms with Crippen molar-refractivity contribution in [3.63, 3.8) is 0 Å². The molecule has 134 valence electrons. The Balaban J connectivity index is 1.63. The fourth-order valence-electron chi connectivity index (χ4n) is 2.86. The predicted octanol–water partition coefficient (Wildman–Crippen LogP) is 4.06. The molecule has 0 fully saturated rings. The normalized spacial score (nSPS) is 16.8. The minimum Gasteiger partial charge on any atom is -0.484 e. The Morgan fingerprint density at radius 3 is 2.74 bits per heavy atom. The van der Waals surface area contributed by atoms with Crippen LogP contribution >= 0.6 is 15.9 Å². The second-order valence-corrected chi connectivity index (χ2v) is 6.95. The van der Waals surface area contributed by atoms with Crippen LogP contribution in [-0.2, 0) is 11.3 Å². The monoisotopic (exact) mass is 421 g/mol. The third-order valence-electron chi connectivity index (χ3n) is 4.12. The van der Waals surface area contributed by atoms with E-state index < -0.39 is 0 Å². The highest BCUT2D eigenvalue weighted by atomic mass is 79.9. The summed E-state index contributed by atoms with van der Waals surface area (Å²) in [5.74, 6) is 1.40. The molecule has 1 amide bonds. The highest BCUT2D eigenvalue weighted by molar-refractivity contribution is 9.11. The van der Waals surface area contributed by atoms with Crippen LogP contribution in [0.5, 0.6) is 5.75 Å². The second kappa shape index (κ2) is 7.72. The molecule has 0 aromatic heterocycles. The molecular formula is C21H16BrN3O2. The van der Waals surface area contributed by atoms with E-state index in [1.165, 1.54) is 0 Å². The fourth-order valence-corrected chi connectivity index (χ4v) is 3.24. The number of nitrogens with zero attached hydrogens (tertiary/aromatic N) is 3. The summed E-state index contributed by atoms with van der Waals surface area (Å²) >= 11 is 3.49. The molecule has 2 aromatic carbocycles. The summed E-state index contributed by atoms with van der Waals surface area (Å²) in [4.78, 5) is 23.3. The van der Waals surface area contributed by atoms with Crippen LogP contribution in [0.1, 0.15) is 11.1 Å². The maximum absolute atomic E-state index is 12.4. The molecule has 0 aliphatic carbocycles. The summed E-state index contributed by atoms with van der Waals surface area (Å²) in [5.41, 5.74) is 1.91. The molecule has 0 N–H and O–H groups in total. The van der Waals surface area contributed by atoms with Crippen molar-refractivity contribution in [2.45, 2.75) is 6.54 Å². The number of carbonyl (C=O) groups excluding carboxylic acids is 1. The first kappa shape index (κ1) is 17.4. The minimum atomic E-state index is -0.377. The average Bonchev–Trinajstić information content (AvgIpc) is 2.83. The smallest absolute Gasteiger partial charge is 0.285 e. The Bertz CT molecular complexity index is 993. The Kier molecular flexibility index (Phi) is 4.98. The van der Waals surface area contributed by atoms with Crippen LogP contribution in [0.3, 0.4) is 0 Å². The number of amides is 1. The number of amidine groups is 2. The number of rotatable bonds is 3. The van der Waals surface area contributed by atoms with Crippen LogP contribution in [0.15, 0.2) is 87.4 Å². The largest absolute Gasteiger partial charge is 0.484 e. The summed E-state index contributed by atoms with van der Waals surface area (Å²) in [5, 5.41) is 0. The van der Waals surface area contributed by atoms with Crippen molar-refractivity contribution in [1.82, 2.24) is 4.90 Å². The molecule has 0 saturated carbocycles. The van der Waals surface area contributed by atoms with Crippen LogP contribution in [0.4, 0.5) is 0 Å². The van der Waals surface area contributed by atoms with E-state index >= 15 is 0 Å². The van der Waals surface area contributed by atoms with Gasteiger partial charge in [-0.05, 0) is 45.8 Å². The highest BCUT2D eigenvalue weighted by Gasteiger charge is 2.21. The third kappa shape index (κ3) is 4.06. The van der Waals surface area contributed by atoms with Crippen molar-refractivity contribution in [1.29, 1.82) is 0 Å². The number of fused-ring (bicyclic) bond motifs is 2. The van der Waals surface area contributed by atoms with Gasteiger partial charge in [0.25, 0.3) is 5.91 Å². The average molecular weight is 422 g/mol. The molecule has 2 aromatic rings. The highest BCUT2D eigenvalue weighted by Crippen LogP contribution is 2.23. The lowest BCUT2D eigenvalue weighted by Crippen LogP contribution is -2.25. The van der Waals surface area contributed by atoms with E-state index in [9.17, 15) is 4.79 Å². The van der Waals surface area contributed by atoms with Crippen molar-refractivity contribution in [3.05, 3.63) is 88.6 Å². The molecular weight excluding hydrogens is 406 g/mol. The maximum Gasteiger partial charge on any atom is 0.285 e. The van der Waals surface area contributed by atoms with E-state index in [1.807, 2.05) is 65.7 Å². The van der Waals surface area contributed by atoms with E-state index in [0.29, 0.717) is 18.1 Å². The van der Waals surface area contributed by atoms with Crippen LogP contribution in [-0.4, -0.2) is 29.1 Å². The molecule has 0 unspecified atom stereocenters. The number of ether oxygens (including phenoxy) is 1. The Morgan fingerprint density at radius 1 is 1.11 bits per heavy atom. The number of halogens is 1. The molecule has 0 saturated heterocycles. The van der Waals surface area contributed by atoms with Crippen molar-refractivity contribution in [2.75, 3.05) is 6.61 Å². The van der Waals surface area contributed by atoms with E-state index in [4.69, 9.17) is 4.74 Å². The molecule has 0 radical (unpaired) electrons. The molecule has 0 atom stereocenters. The molecule has 2 heterocycles. The predicted molar refractivity (Wildman–Crippen MR) is 109 cm³/mol. The van der Waals surface area contributed by atoms with Gasteiger partial charge in [-0.2, -0.15) is 4.99 Å². The number of carbonyl (C=O) groups is 1. The van der Waals surface area contributed by atoms with Crippen LogP contribution in [0, 0.1) is 0 Å². The maximum atomic E-state index is 12.4. The van der Waals surface area contributed by atoms with E-state index in [0.717, 1.165) is 21.4 Å². The van der Waals surface area contributed by atoms with Crippen LogP contribution in [0.2, 0.25) is 0 Å². The molecule has 0 spiro atoms. The molecule has 27 heavy (non-hydrogen) atoms. The van der Waals surface area contributed by atoms with Gasteiger partial charge < -0.3 is 9.64 Å². The summed E-state index contributed by atoms with van der Waals surface area (Å²) < 4.78 is 6.47. The topological polar surface area (TPSA) is 54.3 Å². The van der Waals surface area contributed by atoms with Gasteiger partial charge in [-0.15, -0.1) is 0 Å². The number of allylic oxidation sites excluding steroid dienone is 2. The SMILES string of the molecule is O=C(COc1ccccc1)N=C1N=C2C=CC(Br)=CN2Cc2ccccc21. The lowest BCUT2D eigenvalue weighted by molar-refractivity contribution is -0.119. The zero-order valence-electron chi connectivity index (χ0n) is 14.4. The molecule has 0 bridgehead atoms. The zero-order valence-corrected chi connectivity index (χ0v) is 16.0. The summed E-state index contributed by atoms with van der Waals surface area (Å²) in [6.45, 7) is 0.522.